The van der Waals surface area contributed by atoms with Gasteiger partial charge in [0.25, 0.3) is 11.8 Å². The molecular weight excluding hydrogens is 424 g/mol. The summed E-state index contributed by atoms with van der Waals surface area (Å²) in [6, 6.07) is 23.6. The van der Waals surface area contributed by atoms with Crippen LogP contribution < -0.4 is 11.1 Å². The number of para-hydroxylation sites is 2. The summed E-state index contributed by atoms with van der Waals surface area (Å²) in [7, 11) is 0. The van der Waals surface area contributed by atoms with E-state index >= 15 is 0 Å². The molecule has 6 heteroatoms. The van der Waals surface area contributed by atoms with Crippen molar-refractivity contribution in [2.45, 2.75) is 13.5 Å². The zero-order valence-electron chi connectivity index (χ0n) is 18.5. The number of carbonyl (C=O) groups is 2. The molecule has 5 aromatic rings. The van der Waals surface area contributed by atoms with Gasteiger partial charge in [0.2, 0.25) is 0 Å². The summed E-state index contributed by atoms with van der Waals surface area (Å²) in [4.78, 5) is 33.4. The molecule has 6 rings (SSSR count). The molecule has 34 heavy (non-hydrogen) atoms. The van der Waals surface area contributed by atoms with E-state index < -0.39 is 5.91 Å². The van der Waals surface area contributed by atoms with Crippen molar-refractivity contribution in [1.29, 1.82) is 0 Å². The lowest BCUT2D eigenvalue weighted by molar-refractivity contribution is -0.122. The van der Waals surface area contributed by atoms with E-state index in [0.29, 0.717) is 23.3 Å². The molecule has 5 N–H and O–H groups in total. The van der Waals surface area contributed by atoms with E-state index in [9.17, 15) is 9.59 Å². The molecule has 0 saturated carbocycles. The van der Waals surface area contributed by atoms with Gasteiger partial charge < -0.3 is 15.7 Å². The van der Waals surface area contributed by atoms with Crippen LogP contribution in [-0.4, -0.2) is 21.8 Å². The quantitative estimate of drug-likeness (QED) is 0.302. The molecule has 1 aliphatic heterocycles. The fraction of sp³-hybridized carbons (Fsp3) is 0.0714. The molecule has 0 fully saturated rings. The number of rotatable bonds is 4. The van der Waals surface area contributed by atoms with Gasteiger partial charge in [0, 0.05) is 45.2 Å². The molecule has 166 valence electrons. The smallest absolute Gasteiger partial charge is 0.259 e. The third-order valence-electron chi connectivity index (χ3n) is 6.48. The predicted molar refractivity (Wildman–Crippen MR) is 135 cm³/mol. The Morgan fingerprint density at radius 1 is 0.735 bits per heavy atom. The molecule has 1 aliphatic rings. The van der Waals surface area contributed by atoms with Crippen molar-refractivity contribution >= 4 is 44.8 Å². The summed E-state index contributed by atoms with van der Waals surface area (Å²) in [6.07, 6.45) is 0. The van der Waals surface area contributed by atoms with Crippen LogP contribution in [-0.2, 0) is 16.1 Å². The Bertz CT molecular complexity index is 1670. The van der Waals surface area contributed by atoms with E-state index in [1.807, 2.05) is 79.7 Å². The highest BCUT2D eigenvalue weighted by Gasteiger charge is 2.37. The normalized spacial score (nSPS) is 13.9. The molecule has 2 amide bonds. The summed E-state index contributed by atoms with van der Waals surface area (Å²) in [6.45, 7) is 2.34. The highest BCUT2D eigenvalue weighted by atomic mass is 16.2. The Labute approximate surface area is 195 Å². The standard InChI is InChI=1S/C28H22N4O2/c1-15-22(18-9-2-4-11-20(18)30-15)24-25(28(34)32-27(24)33)23-19-10-3-5-12-21(19)31-26(23)17-8-6-7-16(13-17)14-29/h2-13,30-31H,14,29H2,1H3,(H,32,33,34). The first kappa shape index (κ1) is 20.2. The van der Waals surface area contributed by atoms with Crippen LogP contribution in [0.2, 0.25) is 0 Å². The van der Waals surface area contributed by atoms with Crippen molar-refractivity contribution in [3.05, 3.63) is 95.2 Å². The zero-order chi connectivity index (χ0) is 23.4. The van der Waals surface area contributed by atoms with Gasteiger partial charge in [-0.1, -0.05) is 54.6 Å². The number of aromatic nitrogens is 2. The lowest BCUT2D eigenvalue weighted by atomic mass is 9.91. The summed E-state index contributed by atoms with van der Waals surface area (Å²) in [5.74, 6) is -0.787. The fourth-order valence-electron chi connectivity index (χ4n) is 5.00. The maximum atomic E-state index is 13.4. The molecule has 2 aromatic heterocycles. The monoisotopic (exact) mass is 446 g/mol. The predicted octanol–water partition coefficient (Wildman–Crippen LogP) is 4.65. The van der Waals surface area contributed by atoms with Crippen LogP contribution in [0.15, 0.2) is 72.8 Å². The van der Waals surface area contributed by atoms with Crippen molar-refractivity contribution < 1.29 is 9.59 Å². The van der Waals surface area contributed by atoms with Gasteiger partial charge in [0.15, 0.2) is 0 Å². The van der Waals surface area contributed by atoms with Gasteiger partial charge in [-0.3, -0.25) is 14.9 Å². The van der Waals surface area contributed by atoms with Crippen molar-refractivity contribution in [3.8, 4) is 11.3 Å². The second-order valence-corrected chi connectivity index (χ2v) is 8.53. The Morgan fingerprint density at radius 2 is 1.35 bits per heavy atom. The maximum absolute atomic E-state index is 13.4. The van der Waals surface area contributed by atoms with E-state index in [4.69, 9.17) is 5.73 Å². The topological polar surface area (TPSA) is 104 Å². The third kappa shape index (κ3) is 2.93. The molecule has 0 bridgehead atoms. The van der Waals surface area contributed by atoms with Gasteiger partial charge in [-0.15, -0.1) is 0 Å². The van der Waals surface area contributed by atoms with Gasteiger partial charge in [-0.05, 0) is 36.2 Å². The Balaban J connectivity index is 1.73. The van der Waals surface area contributed by atoms with Crippen LogP contribution in [0.5, 0.6) is 0 Å². The number of aromatic amines is 2. The Morgan fingerprint density at radius 3 is 2.06 bits per heavy atom. The highest BCUT2D eigenvalue weighted by Crippen LogP contribution is 2.43. The minimum atomic E-state index is -0.398. The number of imide groups is 1. The highest BCUT2D eigenvalue weighted by molar-refractivity contribution is 6.51. The summed E-state index contributed by atoms with van der Waals surface area (Å²) in [5, 5.41) is 4.34. The minimum Gasteiger partial charge on any atom is -0.358 e. The van der Waals surface area contributed by atoms with Gasteiger partial charge in [0.05, 0.1) is 16.8 Å². The summed E-state index contributed by atoms with van der Waals surface area (Å²) < 4.78 is 0. The summed E-state index contributed by atoms with van der Waals surface area (Å²) in [5.41, 5.74) is 13.5. The molecule has 3 aromatic carbocycles. The molecule has 0 atom stereocenters. The van der Waals surface area contributed by atoms with Gasteiger partial charge in [-0.2, -0.15) is 0 Å². The third-order valence-corrected chi connectivity index (χ3v) is 6.48. The van der Waals surface area contributed by atoms with Crippen molar-refractivity contribution in [3.63, 3.8) is 0 Å². The molecular formula is C28H22N4O2. The number of H-pyrrole nitrogens is 2. The molecule has 0 saturated heterocycles. The molecule has 3 heterocycles. The second-order valence-electron chi connectivity index (χ2n) is 8.53. The van der Waals surface area contributed by atoms with E-state index in [-0.39, 0.29) is 5.91 Å². The SMILES string of the molecule is Cc1[nH]c2ccccc2c1C1=C(c2c(-c3cccc(CN)c3)[nH]c3ccccc23)C(=O)NC1=O. The van der Waals surface area contributed by atoms with Crippen molar-refractivity contribution in [1.82, 2.24) is 15.3 Å². The average Bonchev–Trinajstić information content (AvgIpc) is 3.48. The van der Waals surface area contributed by atoms with E-state index in [0.717, 1.165) is 49.9 Å². The number of amides is 2. The fourth-order valence-corrected chi connectivity index (χ4v) is 5.00. The molecule has 0 spiro atoms. The zero-order valence-corrected chi connectivity index (χ0v) is 18.5. The number of benzene rings is 3. The number of fused-ring (bicyclic) bond motifs is 2. The van der Waals surface area contributed by atoms with Crippen molar-refractivity contribution in [2.75, 3.05) is 0 Å². The van der Waals surface area contributed by atoms with Crippen LogP contribution in [0.4, 0.5) is 0 Å². The lowest BCUT2D eigenvalue weighted by Gasteiger charge is -2.09. The number of hydrogen-bond acceptors (Lipinski definition) is 3. The average molecular weight is 447 g/mol. The number of nitrogens with two attached hydrogens (primary N) is 1. The summed E-state index contributed by atoms with van der Waals surface area (Å²) >= 11 is 0. The van der Waals surface area contributed by atoms with E-state index in [2.05, 4.69) is 15.3 Å². The minimum absolute atomic E-state index is 0.378. The van der Waals surface area contributed by atoms with Crippen LogP contribution in [0.25, 0.3) is 44.2 Å². The van der Waals surface area contributed by atoms with E-state index in [1.54, 1.807) is 0 Å². The first-order valence-corrected chi connectivity index (χ1v) is 11.1. The van der Waals surface area contributed by atoms with E-state index in [1.165, 1.54) is 0 Å². The number of nitrogens with one attached hydrogen (secondary N) is 3. The van der Waals surface area contributed by atoms with Crippen LogP contribution in [0.1, 0.15) is 22.4 Å². The van der Waals surface area contributed by atoms with Crippen LogP contribution in [0, 0.1) is 6.92 Å². The van der Waals surface area contributed by atoms with Crippen molar-refractivity contribution in [2.24, 2.45) is 5.73 Å². The molecule has 0 aliphatic carbocycles. The first-order chi connectivity index (χ1) is 16.6. The van der Waals surface area contributed by atoms with Crippen LogP contribution >= 0.6 is 0 Å². The molecule has 6 nitrogen and oxygen atoms in total. The Hall–Kier alpha value is -4.42. The first-order valence-electron chi connectivity index (χ1n) is 11.1. The van der Waals surface area contributed by atoms with Crippen LogP contribution in [0.3, 0.4) is 0 Å². The van der Waals surface area contributed by atoms with Gasteiger partial charge >= 0.3 is 0 Å². The second kappa shape index (κ2) is 7.57. The van der Waals surface area contributed by atoms with Gasteiger partial charge in [-0.25, -0.2) is 0 Å². The number of carbonyl (C=O) groups excluding carboxylic acids is 2. The maximum Gasteiger partial charge on any atom is 0.259 e. The Kier molecular flexibility index (Phi) is 4.50. The number of aryl methyl sites for hydroxylation is 1. The molecule has 0 radical (unpaired) electrons. The molecule has 0 unspecified atom stereocenters. The number of hydrogen-bond donors (Lipinski definition) is 4. The largest absolute Gasteiger partial charge is 0.358 e. The van der Waals surface area contributed by atoms with Gasteiger partial charge in [0.1, 0.15) is 0 Å². The lowest BCUT2D eigenvalue weighted by Crippen LogP contribution is -2.22.